The molecule has 0 amide bonds. The van der Waals surface area contributed by atoms with Crippen LogP contribution in [0.25, 0.3) is 0 Å². The summed E-state index contributed by atoms with van der Waals surface area (Å²) in [7, 11) is 0. The van der Waals surface area contributed by atoms with Crippen LogP contribution in [0.1, 0.15) is 2.85 Å². The summed E-state index contributed by atoms with van der Waals surface area (Å²) in [4.78, 5) is 0. The van der Waals surface area contributed by atoms with Crippen molar-refractivity contribution in [2.24, 2.45) is 0 Å². The summed E-state index contributed by atoms with van der Waals surface area (Å²) >= 11 is -1.61. The molecule has 1 unspecified atom stereocenters. The topological polar surface area (TPSA) is 37.3 Å². The summed E-state index contributed by atoms with van der Waals surface area (Å²) in [6.45, 7) is 0. The molecule has 1 atom stereocenters. The average Bonchev–Trinajstić information content (AvgIpc) is 0.811. The van der Waals surface area contributed by atoms with Crippen LogP contribution < -0.4 is 0 Å². The molecular weight excluding hydrogens is 100 g/mol. The third-order valence-corrected chi connectivity index (χ3v) is 0. The number of hydrogen-bond donors (Lipinski definition) is 1. The van der Waals surface area contributed by atoms with Gasteiger partial charge in [0, 0.05) is 6.26 Å². The van der Waals surface area contributed by atoms with Gasteiger partial charge in [-0.15, -0.1) is 0 Å². The van der Waals surface area contributed by atoms with E-state index >= 15 is 0 Å². The summed E-state index contributed by atoms with van der Waals surface area (Å²) < 4.78 is 16.6. The van der Waals surface area contributed by atoms with Crippen LogP contribution >= 0.6 is 0 Å². The van der Waals surface area contributed by atoms with Crippen molar-refractivity contribution < 1.29 is 11.6 Å². The van der Waals surface area contributed by atoms with E-state index in [1.54, 1.807) is 0 Å². The van der Waals surface area contributed by atoms with E-state index in [-0.39, 0.29) is 25.9 Å². The van der Waals surface area contributed by atoms with Gasteiger partial charge in [-0.3, -0.25) is 0 Å². The van der Waals surface area contributed by atoms with Crippen LogP contribution in [0.2, 0.25) is 0 Å². The van der Waals surface area contributed by atoms with E-state index in [0.29, 0.717) is 0 Å². The quantitative estimate of drug-likeness (QED) is 0.340. The van der Waals surface area contributed by atoms with Crippen molar-refractivity contribution in [1.29, 1.82) is 0 Å². The van der Waals surface area contributed by atoms with Crippen LogP contribution in [-0.2, 0) is 11.1 Å². The second-order valence-corrected chi connectivity index (χ2v) is 1.27. The van der Waals surface area contributed by atoms with E-state index in [9.17, 15) is 0 Å². The number of rotatable bonds is 0. The Hall–Kier alpha value is 0.876. The van der Waals surface area contributed by atoms with E-state index < -0.39 is 11.1 Å². The molecule has 1 N–H and O–H groups in total. The van der Waals surface area contributed by atoms with Crippen LogP contribution in [0.3, 0.4) is 0 Å². The molecule has 0 saturated heterocycles. The van der Waals surface area contributed by atoms with Gasteiger partial charge < -0.3 is 7.41 Å². The average molecular weight is 106 g/mol. The van der Waals surface area contributed by atoms with Crippen molar-refractivity contribution in [1.82, 2.24) is 0 Å². The Balaban J connectivity index is -0.0000000150. The normalized spacial score (nSPS) is 12.4. The van der Waals surface area contributed by atoms with Crippen molar-refractivity contribution in [2.75, 3.05) is 6.26 Å². The van der Waals surface area contributed by atoms with E-state index in [1.807, 2.05) is 0 Å². The first-order valence-electron chi connectivity index (χ1n) is 0.757. The van der Waals surface area contributed by atoms with E-state index in [0.717, 1.165) is 0 Å². The smallest absolute Gasteiger partial charge is 1.00 e. The predicted octanol–water partition coefficient (Wildman–Crippen LogP) is -0.318. The Morgan fingerprint density at radius 1 is 2.00 bits per heavy atom. The maximum absolute atomic E-state index is 9.11. The van der Waals surface area contributed by atoms with Crippen molar-refractivity contribution >= 4 is 34.1 Å². The molecule has 30 valence electrons. The SMILES string of the molecule is CS(=O)O.[H-].[H-].[Mg+2]. The Morgan fingerprint density at radius 3 is 2.00 bits per heavy atom. The first kappa shape index (κ1) is 9.30. The molecule has 0 aliphatic heterocycles. The molecule has 0 radical (unpaired) electrons. The summed E-state index contributed by atoms with van der Waals surface area (Å²) in [5.41, 5.74) is 0. The summed E-state index contributed by atoms with van der Waals surface area (Å²) in [5, 5.41) is 0. The van der Waals surface area contributed by atoms with Gasteiger partial charge in [0.05, 0.1) is 0 Å². The minimum absolute atomic E-state index is 0. The molecule has 0 aromatic rings. The maximum atomic E-state index is 9.11. The van der Waals surface area contributed by atoms with Gasteiger partial charge in [-0.05, 0) is 0 Å². The van der Waals surface area contributed by atoms with Gasteiger partial charge in [-0.25, -0.2) is 4.21 Å². The second-order valence-electron chi connectivity index (χ2n) is 0.424. The number of hydrogen-bond acceptors (Lipinski definition) is 1. The molecule has 0 bridgehead atoms. The fourth-order valence-electron chi connectivity index (χ4n) is 0. The Labute approximate surface area is 52.4 Å². The minimum atomic E-state index is -1.61. The Bertz CT molecular complexity index is 38.7. The third kappa shape index (κ3) is 52.5. The maximum Gasteiger partial charge on any atom is 2.00 e. The Kier molecular flexibility index (Phi) is 9.07. The molecule has 0 rings (SSSR count). The fraction of sp³-hybridized carbons (Fsp3) is 1.00. The van der Waals surface area contributed by atoms with Gasteiger partial charge in [-0.1, -0.05) is 0 Å². The van der Waals surface area contributed by atoms with Crippen molar-refractivity contribution in [3.63, 3.8) is 0 Å². The molecule has 0 aromatic carbocycles. The third-order valence-electron chi connectivity index (χ3n) is 0. The molecule has 2 nitrogen and oxygen atoms in total. The minimum Gasteiger partial charge on any atom is -1.00 e. The van der Waals surface area contributed by atoms with Gasteiger partial charge >= 0.3 is 23.1 Å². The first-order valence-corrected chi connectivity index (χ1v) is 2.27. The van der Waals surface area contributed by atoms with Crippen LogP contribution in [0, 0.1) is 0 Å². The van der Waals surface area contributed by atoms with Gasteiger partial charge in [0.1, 0.15) is 11.1 Å². The van der Waals surface area contributed by atoms with E-state index in [4.69, 9.17) is 8.76 Å². The molecular formula is CH6MgO2S. The zero-order chi connectivity index (χ0) is 3.58. The van der Waals surface area contributed by atoms with Crippen LogP contribution in [0.4, 0.5) is 0 Å². The largest absolute Gasteiger partial charge is 2.00 e. The van der Waals surface area contributed by atoms with Crippen LogP contribution in [-0.4, -0.2) is 38.1 Å². The zero-order valence-electron chi connectivity index (χ0n) is 4.97. The summed E-state index contributed by atoms with van der Waals surface area (Å²) in [6.07, 6.45) is 1.19. The summed E-state index contributed by atoms with van der Waals surface area (Å²) in [5.74, 6) is 0. The standard InChI is InChI=1S/CH4O2S.Mg.2H/c1-4(2)3;;;/h1H3,(H,2,3);;;/q;+2;2*-1. The molecule has 0 fully saturated rings. The van der Waals surface area contributed by atoms with E-state index in [2.05, 4.69) is 0 Å². The second kappa shape index (κ2) is 4.88. The monoisotopic (exact) mass is 106 g/mol. The predicted molar refractivity (Wildman–Crippen MR) is 24.7 cm³/mol. The first-order chi connectivity index (χ1) is 1.73. The molecule has 5 heavy (non-hydrogen) atoms. The molecule has 0 aromatic heterocycles. The van der Waals surface area contributed by atoms with Crippen LogP contribution in [0.5, 0.6) is 0 Å². The molecule has 4 heteroatoms. The van der Waals surface area contributed by atoms with Gasteiger partial charge in [0.2, 0.25) is 0 Å². The van der Waals surface area contributed by atoms with Crippen molar-refractivity contribution in [3.8, 4) is 0 Å². The van der Waals surface area contributed by atoms with Crippen molar-refractivity contribution in [3.05, 3.63) is 0 Å². The molecule has 0 heterocycles. The molecule has 0 saturated carbocycles. The fourth-order valence-corrected chi connectivity index (χ4v) is 0. The van der Waals surface area contributed by atoms with Gasteiger partial charge in [-0.2, -0.15) is 0 Å². The molecule has 0 aliphatic rings. The van der Waals surface area contributed by atoms with Crippen LogP contribution in [0.15, 0.2) is 0 Å². The molecule has 0 spiro atoms. The summed E-state index contributed by atoms with van der Waals surface area (Å²) in [6, 6.07) is 0. The van der Waals surface area contributed by atoms with Gasteiger partial charge in [0.15, 0.2) is 0 Å². The zero-order valence-corrected chi connectivity index (χ0v) is 5.20. The van der Waals surface area contributed by atoms with Gasteiger partial charge in [0.25, 0.3) is 0 Å². The molecule has 0 aliphatic carbocycles. The Morgan fingerprint density at radius 2 is 2.00 bits per heavy atom. The van der Waals surface area contributed by atoms with E-state index in [1.165, 1.54) is 6.26 Å². The van der Waals surface area contributed by atoms with Crippen molar-refractivity contribution in [2.45, 2.75) is 0 Å².